The van der Waals surface area contributed by atoms with Gasteiger partial charge in [-0.3, -0.25) is 0 Å². The van der Waals surface area contributed by atoms with Gasteiger partial charge >= 0.3 is 5.92 Å². The lowest BCUT2D eigenvalue weighted by molar-refractivity contribution is -0.116. The number of aliphatic imine (C=N–C) groups is 1. The first-order valence-electron chi connectivity index (χ1n) is 7.82. The Bertz CT molecular complexity index is 825. The van der Waals surface area contributed by atoms with Crippen LogP contribution in [0.5, 0.6) is 0 Å². The molecule has 0 spiro atoms. The van der Waals surface area contributed by atoms with E-state index in [1.807, 2.05) is 17.9 Å². The number of halogens is 2. The Morgan fingerprint density at radius 1 is 1.44 bits per heavy atom. The number of alkyl halides is 2. The quantitative estimate of drug-likeness (QED) is 0.895. The summed E-state index contributed by atoms with van der Waals surface area (Å²) in [5, 5.41) is 9.10. The second-order valence-electron chi connectivity index (χ2n) is 6.27. The number of nitriles is 1. The first-order chi connectivity index (χ1) is 11.8. The van der Waals surface area contributed by atoms with Gasteiger partial charge in [-0.1, -0.05) is 18.2 Å². The third kappa shape index (κ3) is 2.84. The van der Waals surface area contributed by atoms with E-state index in [1.165, 1.54) is 6.92 Å². The molecule has 0 radical (unpaired) electrons. The topological polar surface area (TPSA) is 74.6 Å². The molecule has 0 aliphatic carbocycles. The van der Waals surface area contributed by atoms with Crippen LogP contribution < -0.4 is 10.6 Å². The summed E-state index contributed by atoms with van der Waals surface area (Å²) >= 11 is 0. The molecule has 1 aromatic carbocycles. The van der Waals surface area contributed by atoms with Crippen molar-refractivity contribution in [3.63, 3.8) is 0 Å². The van der Waals surface area contributed by atoms with Crippen molar-refractivity contribution in [1.29, 1.82) is 5.26 Å². The van der Waals surface area contributed by atoms with Crippen LogP contribution in [0.3, 0.4) is 0 Å². The van der Waals surface area contributed by atoms with Gasteiger partial charge in [0.15, 0.2) is 12.1 Å². The highest BCUT2D eigenvalue weighted by Gasteiger charge is 2.55. The third-order valence-electron chi connectivity index (χ3n) is 4.55. The molecule has 3 rings (SSSR count). The van der Waals surface area contributed by atoms with Crippen molar-refractivity contribution in [3.8, 4) is 6.07 Å². The monoisotopic (exact) mass is 344 g/mol. The van der Waals surface area contributed by atoms with Crippen molar-refractivity contribution in [2.24, 2.45) is 10.7 Å². The number of anilines is 1. The van der Waals surface area contributed by atoms with Gasteiger partial charge in [-0.25, -0.2) is 4.99 Å². The Hall–Kier alpha value is -2.88. The molecule has 5 nitrogen and oxygen atoms in total. The average molecular weight is 344 g/mol. The zero-order valence-corrected chi connectivity index (χ0v) is 13.9. The number of ether oxygens (including phenoxy) is 1. The van der Waals surface area contributed by atoms with Gasteiger partial charge in [0, 0.05) is 17.9 Å². The summed E-state index contributed by atoms with van der Waals surface area (Å²) in [7, 11) is 0. The minimum absolute atomic E-state index is 0.0103. The maximum atomic E-state index is 14.5. The van der Waals surface area contributed by atoms with E-state index in [-0.39, 0.29) is 12.1 Å². The summed E-state index contributed by atoms with van der Waals surface area (Å²) in [6.45, 7) is 2.48. The number of hydrogen-bond acceptors (Lipinski definition) is 5. The Morgan fingerprint density at radius 2 is 2.20 bits per heavy atom. The number of hydrogen-bond donors (Lipinski definition) is 1. The summed E-state index contributed by atoms with van der Waals surface area (Å²) in [5.74, 6) is -3.20. The Balaban J connectivity index is 2.06. The molecule has 0 fully saturated rings. The highest BCUT2D eigenvalue weighted by atomic mass is 19.3. The first-order valence-corrected chi connectivity index (χ1v) is 7.82. The molecule has 2 heterocycles. The fourth-order valence-corrected chi connectivity index (χ4v) is 2.91. The van der Waals surface area contributed by atoms with Gasteiger partial charge in [-0.05, 0) is 37.6 Å². The molecule has 0 bridgehead atoms. The Kier molecular flexibility index (Phi) is 3.99. The lowest BCUT2D eigenvalue weighted by Crippen LogP contribution is -2.51. The summed E-state index contributed by atoms with van der Waals surface area (Å²) in [4.78, 5) is 5.75. The van der Waals surface area contributed by atoms with Crippen LogP contribution in [0.25, 0.3) is 0 Å². The van der Waals surface area contributed by atoms with Gasteiger partial charge in [0.05, 0.1) is 5.57 Å². The standard InChI is InChI=1S/C18H18F2N4O/c1-12-6-7-13(9-21)10-24(12)15-5-3-4-14(8-15)17(2)18(19,20)11-25-16(22)23-17/h3-8,10,12H,11H2,1-2H3,(H2,22,23)/t12-,17?/m1/s1. The van der Waals surface area contributed by atoms with Crippen LogP contribution in [-0.2, 0) is 10.3 Å². The predicted molar refractivity (Wildman–Crippen MR) is 91.1 cm³/mol. The molecule has 2 N–H and O–H groups in total. The summed E-state index contributed by atoms with van der Waals surface area (Å²) in [5.41, 5.74) is 5.24. The minimum atomic E-state index is -3.20. The highest BCUT2D eigenvalue weighted by molar-refractivity contribution is 5.73. The average Bonchev–Trinajstić information content (AvgIpc) is 2.59. The summed E-state index contributed by atoms with van der Waals surface area (Å²) in [6, 6.07) is 8.57. The van der Waals surface area contributed by atoms with Gasteiger partial charge in [0.2, 0.25) is 0 Å². The molecule has 7 heteroatoms. The van der Waals surface area contributed by atoms with Crippen LogP contribution in [0, 0.1) is 11.3 Å². The second-order valence-corrected chi connectivity index (χ2v) is 6.27. The first kappa shape index (κ1) is 17.0. The van der Waals surface area contributed by atoms with Crippen molar-refractivity contribution in [2.75, 3.05) is 11.5 Å². The summed E-state index contributed by atoms with van der Waals surface area (Å²) < 4.78 is 33.7. The van der Waals surface area contributed by atoms with Gasteiger partial charge in [-0.15, -0.1) is 0 Å². The molecule has 0 saturated heterocycles. The molecule has 2 aliphatic heterocycles. The van der Waals surface area contributed by atoms with Crippen molar-refractivity contribution in [2.45, 2.75) is 31.4 Å². The molecule has 130 valence electrons. The smallest absolute Gasteiger partial charge is 0.310 e. The normalized spacial score (nSPS) is 27.8. The molecule has 2 aliphatic rings. The summed E-state index contributed by atoms with van der Waals surface area (Å²) in [6.07, 6.45) is 5.32. The highest BCUT2D eigenvalue weighted by Crippen LogP contribution is 2.44. The van der Waals surface area contributed by atoms with Crippen LogP contribution in [0.15, 0.2) is 53.2 Å². The zero-order valence-electron chi connectivity index (χ0n) is 13.9. The predicted octanol–water partition coefficient (Wildman–Crippen LogP) is 3.05. The molecule has 0 saturated carbocycles. The second kappa shape index (κ2) is 5.88. The molecule has 25 heavy (non-hydrogen) atoms. The lowest BCUT2D eigenvalue weighted by Gasteiger charge is -2.38. The Morgan fingerprint density at radius 3 is 2.92 bits per heavy atom. The van der Waals surface area contributed by atoms with E-state index in [4.69, 9.17) is 15.7 Å². The molecule has 0 aromatic heterocycles. The number of nitrogens with two attached hydrogens (primary N) is 1. The molecule has 0 amide bonds. The maximum Gasteiger partial charge on any atom is 0.310 e. The lowest BCUT2D eigenvalue weighted by atomic mass is 9.85. The van der Waals surface area contributed by atoms with Crippen LogP contribution >= 0.6 is 0 Å². The van der Waals surface area contributed by atoms with E-state index in [1.54, 1.807) is 36.5 Å². The molecular weight excluding hydrogens is 326 g/mol. The van der Waals surface area contributed by atoms with Crippen molar-refractivity contribution in [1.82, 2.24) is 0 Å². The van der Waals surface area contributed by atoms with Crippen LogP contribution in [-0.4, -0.2) is 24.6 Å². The van der Waals surface area contributed by atoms with Crippen LogP contribution in [0.4, 0.5) is 14.5 Å². The van der Waals surface area contributed by atoms with E-state index in [0.29, 0.717) is 16.8 Å². The van der Waals surface area contributed by atoms with E-state index in [9.17, 15) is 8.78 Å². The van der Waals surface area contributed by atoms with E-state index in [2.05, 4.69) is 11.1 Å². The molecule has 2 atom stereocenters. The number of rotatable bonds is 2. The maximum absolute atomic E-state index is 14.5. The van der Waals surface area contributed by atoms with E-state index >= 15 is 0 Å². The van der Waals surface area contributed by atoms with Gasteiger partial charge in [-0.2, -0.15) is 14.0 Å². The van der Waals surface area contributed by atoms with E-state index in [0.717, 1.165) is 0 Å². The SMILES string of the molecule is C[C@@H]1C=CC(C#N)=CN1c1cccc(C2(C)N=C(N)OCC2(F)F)c1. The van der Waals surface area contributed by atoms with Crippen molar-refractivity contribution < 1.29 is 13.5 Å². The van der Waals surface area contributed by atoms with Crippen LogP contribution in [0.1, 0.15) is 19.4 Å². The fourth-order valence-electron chi connectivity index (χ4n) is 2.91. The number of allylic oxidation sites excluding steroid dienone is 2. The zero-order chi connectivity index (χ0) is 18.2. The van der Waals surface area contributed by atoms with Crippen molar-refractivity contribution in [3.05, 3.63) is 53.8 Å². The molecule has 1 aromatic rings. The molecule has 1 unspecified atom stereocenters. The van der Waals surface area contributed by atoms with Gasteiger partial charge in [0.25, 0.3) is 6.02 Å². The number of nitrogens with zero attached hydrogens (tertiary/aromatic N) is 3. The third-order valence-corrected chi connectivity index (χ3v) is 4.55. The number of amidine groups is 1. The van der Waals surface area contributed by atoms with Crippen molar-refractivity contribution >= 4 is 11.7 Å². The van der Waals surface area contributed by atoms with Gasteiger partial charge < -0.3 is 15.4 Å². The van der Waals surface area contributed by atoms with Crippen LogP contribution in [0.2, 0.25) is 0 Å². The Labute approximate surface area is 144 Å². The largest absolute Gasteiger partial charge is 0.459 e. The molecular formula is C18H18F2N4O. The minimum Gasteiger partial charge on any atom is -0.459 e. The van der Waals surface area contributed by atoms with Gasteiger partial charge in [0.1, 0.15) is 6.07 Å². The fraction of sp³-hybridized carbons (Fsp3) is 0.333. The van der Waals surface area contributed by atoms with E-state index < -0.39 is 18.1 Å². The number of benzene rings is 1.